The van der Waals surface area contributed by atoms with Crippen molar-refractivity contribution in [2.75, 3.05) is 0 Å². The first-order valence-electron chi connectivity index (χ1n) is 7.53. The minimum Gasteiger partial charge on any atom is -0.481 e. The third-order valence-corrected chi connectivity index (χ3v) is 4.65. The minimum atomic E-state index is -0.985. The zero-order valence-corrected chi connectivity index (χ0v) is 13.6. The number of aliphatic carboxylic acids is 2. The summed E-state index contributed by atoms with van der Waals surface area (Å²) < 4.78 is 0. The van der Waals surface area contributed by atoms with Crippen LogP contribution in [0.2, 0.25) is 0 Å². The zero-order chi connectivity index (χ0) is 16.0. The molecule has 118 valence electrons. The van der Waals surface area contributed by atoms with Gasteiger partial charge in [0, 0.05) is 0 Å². The van der Waals surface area contributed by atoms with Crippen molar-refractivity contribution in [1.29, 1.82) is 0 Å². The number of carboxylic acids is 2. The summed E-state index contributed by atoms with van der Waals surface area (Å²) >= 11 is 0. The summed E-state index contributed by atoms with van der Waals surface area (Å²) in [4.78, 5) is 23.0. The lowest BCUT2D eigenvalue weighted by atomic mass is 9.76. The highest BCUT2D eigenvalue weighted by Crippen LogP contribution is 2.31. The van der Waals surface area contributed by atoms with Crippen LogP contribution in [0.5, 0.6) is 0 Å². The topological polar surface area (TPSA) is 74.6 Å². The van der Waals surface area contributed by atoms with E-state index in [4.69, 9.17) is 0 Å². The molecule has 0 bridgehead atoms. The van der Waals surface area contributed by atoms with Gasteiger partial charge in [-0.05, 0) is 36.5 Å². The molecule has 0 aromatic heterocycles. The van der Waals surface area contributed by atoms with Crippen LogP contribution in [0.1, 0.15) is 54.4 Å². The van der Waals surface area contributed by atoms with E-state index in [-0.39, 0.29) is 11.8 Å². The second kappa shape index (κ2) is 8.28. The molecule has 2 N–H and O–H groups in total. The fourth-order valence-electron chi connectivity index (χ4n) is 2.22. The molecule has 0 heterocycles. The van der Waals surface area contributed by atoms with Crippen LogP contribution in [0.15, 0.2) is 0 Å². The lowest BCUT2D eigenvalue weighted by molar-refractivity contribution is -0.155. The van der Waals surface area contributed by atoms with Crippen molar-refractivity contribution in [2.24, 2.45) is 35.5 Å². The monoisotopic (exact) mass is 286 g/mol. The van der Waals surface area contributed by atoms with E-state index in [0.29, 0.717) is 24.7 Å². The van der Waals surface area contributed by atoms with Gasteiger partial charge in [-0.3, -0.25) is 9.59 Å². The van der Waals surface area contributed by atoms with E-state index in [9.17, 15) is 19.8 Å². The summed E-state index contributed by atoms with van der Waals surface area (Å²) in [5.74, 6) is -2.46. The largest absolute Gasteiger partial charge is 0.481 e. The number of hydrogen-bond acceptors (Lipinski definition) is 2. The van der Waals surface area contributed by atoms with Crippen LogP contribution >= 0.6 is 0 Å². The van der Waals surface area contributed by atoms with Gasteiger partial charge in [0.25, 0.3) is 0 Å². The van der Waals surface area contributed by atoms with Gasteiger partial charge in [-0.1, -0.05) is 41.5 Å². The number of carboxylic acid groups (broad SMARTS) is 2. The molecular weight excluding hydrogens is 256 g/mol. The van der Waals surface area contributed by atoms with E-state index in [2.05, 4.69) is 0 Å². The van der Waals surface area contributed by atoms with Gasteiger partial charge in [0.2, 0.25) is 0 Å². The molecule has 0 spiro atoms. The number of hydrogen-bond donors (Lipinski definition) is 2. The van der Waals surface area contributed by atoms with Crippen LogP contribution in [0, 0.1) is 35.5 Å². The summed E-state index contributed by atoms with van der Waals surface area (Å²) in [5.41, 5.74) is 0. The third kappa shape index (κ3) is 5.93. The minimum absolute atomic E-state index is 0.201. The van der Waals surface area contributed by atoms with Gasteiger partial charge in [-0.15, -0.1) is 0 Å². The highest BCUT2D eigenvalue weighted by molar-refractivity contribution is 5.80. The highest BCUT2D eigenvalue weighted by Gasteiger charge is 2.36. The Hall–Kier alpha value is -1.06. The smallest absolute Gasteiger partial charge is 0.307 e. The molecule has 20 heavy (non-hydrogen) atoms. The molecule has 0 amide bonds. The highest BCUT2D eigenvalue weighted by atomic mass is 16.4. The second-order valence-electron chi connectivity index (χ2n) is 6.80. The Morgan fingerprint density at radius 3 is 1.10 bits per heavy atom. The lowest BCUT2D eigenvalue weighted by Crippen LogP contribution is -2.33. The predicted molar refractivity (Wildman–Crippen MR) is 79.5 cm³/mol. The zero-order valence-electron chi connectivity index (χ0n) is 13.6. The number of rotatable bonds is 9. The molecule has 4 heteroatoms. The lowest BCUT2D eigenvalue weighted by Gasteiger charge is -2.28. The molecule has 0 aliphatic carbocycles. The first-order valence-corrected chi connectivity index (χ1v) is 7.53. The van der Waals surface area contributed by atoms with Gasteiger partial charge in [0.15, 0.2) is 0 Å². The molecule has 0 fully saturated rings. The Morgan fingerprint density at radius 2 is 0.950 bits per heavy atom. The number of carbonyl (C=O) groups is 2. The summed E-state index contributed by atoms with van der Waals surface area (Å²) in [6.07, 6.45) is 0.851. The molecule has 0 radical (unpaired) electrons. The molecule has 0 rings (SSSR count). The molecule has 0 aliphatic heterocycles. The molecule has 0 aliphatic rings. The fraction of sp³-hybridized carbons (Fsp3) is 0.875. The summed E-state index contributed by atoms with van der Waals surface area (Å²) in [5, 5.41) is 18.8. The molecular formula is C16H30O4. The normalized spacial score (nSPS) is 17.8. The quantitative estimate of drug-likeness (QED) is 0.677. The van der Waals surface area contributed by atoms with Crippen molar-refractivity contribution in [3.63, 3.8) is 0 Å². The first kappa shape index (κ1) is 18.9. The maximum atomic E-state index is 11.5. The SMILES string of the molecule is CC(C)C(C)CC(C(=O)O)C(CC(C)C(C)C)C(=O)O. The Balaban J connectivity index is 5.06. The van der Waals surface area contributed by atoms with Crippen LogP contribution in [0.25, 0.3) is 0 Å². The third-order valence-electron chi connectivity index (χ3n) is 4.65. The maximum Gasteiger partial charge on any atom is 0.307 e. The van der Waals surface area contributed by atoms with Gasteiger partial charge in [0.1, 0.15) is 0 Å². The van der Waals surface area contributed by atoms with Gasteiger partial charge in [0.05, 0.1) is 11.8 Å². The average Bonchev–Trinajstić information content (AvgIpc) is 2.31. The van der Waals surface area contributed by atoms with Crippen molar-refractivity contribution in [1.82, 2.24) is 0 Å². The molecule has 0 saturated carbocycles. The average molecular weight is 286 g/mol. The summed E-state index contributed by atoms with van der Waals surface area (Å²) in [7, 11) is 0. The van der Waals surface area contributed by atoms with Crippen molar-refractivity contribution in [3.05, 3.63) is 0 Å². The summed E-state index contributed by atoms with van der Waals surface area (Å²) in [6, 6.07) is 0. The van der Waals surface area contributed by atoms with Gasteiger partial charge >= 0.3 is 11.9 Å². The molecule has 4 unspecified atom stereocenters. The van der Waals surface area contributed by atoms with E-state index >= 15 is 0 Å². The van der Waals surface area contributed by atoms with Gasteiger partial charge < -0.3 is 10.2 Å². The molecule has 4 nitrogen and oxygen atoms in total. The van der Waals surface area contributed by atoms with Gasteiger partial charge in [-0.2, -0.15) is 0 Å². The van der Waals surface area contributed by atoms with E-state index in [1.54, 1.807) is 0 Å². The van der Waals surface area contributed by atoms with Crippen molar-refractivity contribution in [3.8, 4) is 0 Å². The second-order valence-corrected chi connectivity index (χ2v) is 6.80. The molecule has 0 aromatic carbocycles. The maximum absolute atomic E-state index is 11.5. The molecule has 0 saturated heterocycles. The fourth-order valence-corrected chi connectivity index (χ4v) is 2.22. The Labute approximate surface area is 122 Å². The van der Waals surface area contributed by atoms with E-state index in [0.717, 1.165) is 0 Å². The van der Waals surface area contributed by atoms with Crippen molar-refractivity contribution >= 4 is 11.9 Å². The standard InChI is InChI=1S/C16H30O4/c1-9(2)11(5)7-13(15(17)18)14(16(19)20)8-12(6)10(3)4/h9-14H,7-8H2,1-6H3,(H,17,18)(H,19,20). The Bertz CT molecular complexity index is 290. The van der Waals surface area contributed by atoms with Crippen LogP contribution in [0.4, 0.5) is 0 Å². The van der Waals surface area contributed by atoms with E-state index in [1.807, 2.05) is 41.5 Å². The van der Waals surface area contributed by atoms with Crippen LogP contribution < -0.4 is 0 Å². The Morgan fingerprint density at radius 1 is 0.700 bits per heavy atom. The van der Waals surface area contributed by atoms with Crippen LogP contribution in [0.3, 0.4) is 0 Å². The predicted octanol–water partition coefficient (Wildman–Crippen LogP) is 3.75. The first-order chi connectivity index (χ1) is 9.07. The van der Waals surface area contributed by atoms with E-state index < -0.39 is 23.8 Å². The van der Waals surface area contributed by atoms with Gasteiger partial charge in [-0.25, -0.2) is 0 Å². The van der Waals surface area contributed by atoms with E-state index in [1.165, 1.54) is 0 Å². The molecule has 4 atom stereocenters. The van der Waals surface area contributed by atoms with Crippen molar-refractivity contribution < 1.29 is 19.8 Å². The van der Waals surface area contributed by atoms with Crippen molar-refractivity contribution in [2.45, 2.75) is 54.4 Å². The molecule has 0 aromatic rings. The Kier molecular flexibility index (Phi) is 7.84. The summed E-state index contributed by atoms with van der Waals surface area (Å²) in [6.45, 7) is 12.1. The van der Waals surface area contributed by atoms with Crippen LogP contribution in [-0.4, -0.2) is 22.2 Å². The van der Waals surface area contributed by atoms with Crippen LogP contribution in [-0.2, 0) is 9.59 Å².